The molecule has 2 aliphatic rings. The Balaban J connectivity index is 1.58. The number of aliphatic hydroxyl groups excluding tert-OH is 1. The molecule has 5 rings (SSSR count). The van der Waals surface area contributed by atoms with Crippen LogP contribution in [0, 0.1) is 0 Å². The van der Waals surface area contributed by atoms with Crippen molar-refractivity contribution in [2.75, 3.05) is 52.6 Å². The van der Waals surface area contributed by atoms with E-state index >= 15 is 0 Å². The van der Waals surface area contributed by atoms with E-state index in [4.69, 9.17) is 24.3 Å². The number of benzene rings is 3. The van der Waals surface area contributed by atoms with Crippen molar-refractivity contribution in [3.05, 3.63) is 110 Å². The average Bonchev–Trinajstić information content (AvgIpc) is 3.47. The molecule has 0 aliphatic carbocycles. The van der Waals surface area contributed by atoms with Gasteiger partial charge in [-0.25, -0.2) is 4.99 Å². The maximum Gasteiger partial charge on any atom is 0.252 e. The van der Waals surface area contributed by atoms with Gasteiger partial charge in [0.25, 0.3) is 5.91 Å². The van der Waals surface area contributed by atoms with Gasteiger partial charge in [0.2, 0.25) is 5.90 Å². The number of morpholine rings is 1. The Bertz CT molecular complexity index is 1630. The van der Waals surface area contributed by atoms with Gasteiger partial charge in [0.1, 0.15) is 5.75 Å². The van der Waals surface area contributed by atoms with Crippen LogP contribution in [0.15, 0.2) is 88.0 Å². The zero-order valence-electron chi connectivity index (χ0n) is 25.2. The Morgan fingerprint density at radius 3 is 2.46 bits per heavy atom. The minimum atomic E-state index is -1.58. The zero-order valence-corrected chi connectivity index (χ0v) is 25.2. The fraction of sp³-hybridized carbons (Fsp3) is 0.375. The monoisotopic (exact) mass is 625 g/mol. The Hall–Kier alpha value is -5.10. The second-order valence-electron chi connectivity index (χ2n) is 10.7. The summed E-state index contributed by atoms with van der Waals surface area (Å²) in [7, 11) is 0. The molecule has 46 heavy (non-hydrogen) atoms. The summed E-state index contributed by atoms with van der Waals surface area (Å²) in [6.45, 7) is 4.19. The molecule has 2 aliphatic heterocycles. The molecule has 2 atom stereocenters. The van der Waals surface area contributed by atoms with Crippen LogP contribution < -0.4 is 10.1 Å². The molecule has 0 aromatic heterocycles. The van der Waals surface area contributed by atoms with Gasteiger partial charge in [0.15, 0.2) is 11.6 Å². The molecule has 3 aromatic rings. The Kier molecular flexibility index (Phi) is 11.1. The van der Waals surface area contributed by atoms with Crippen molar-refractivity contribution < 1.29 is 24.1 Å². The lowest BCUT2D eigenvalue weighted by Gasteiger charge is -2.32. The highest BCUT2D eigenvalue weighted by Gasteiger charge is 2.54. The molecule has 0 bridgehead atoms. The van der Waals surface area contributed by atoms with Crippen molar-refractivity contribution in [3.63, 3.8) is 0 Å². The summed E-state index contributed by atoms with van der Waals surface area (Å²) < 4.78 is 17.7. The maximum absolute atomic E-state index is 14.5. The first-order chi connectivity index (χ1) is 22.6. The number of hydrogen-bond donors (Lipinski definition) is 2. The number of carbonyl (C=O) groups excluding carboxylic acids is 1. The van der Waals surface area contributed by atoms with E-state index in [1.54, 1.807) is 72.8 Å². The van der Waals surface area contributed by atoms with Crippen LogP contribution in [-0.2, 0) is 20.7 Å². The van der Waals surface area contributed by atoms with E-state index in [9.17, 15) is 15.9 Å². The number of ether oxygens (including phenoxy) is 3. The first kappa shape index (κ1) is 32.3. The van der Waals surface area contributed by atoms with Crippen LogP contribution in [0.4, 0.5) is 11.4 Å². The molecule has 0 spiro atoms. The highest BCUT2D eigenvalue weighted by atomic mass is 16.5. The van der Waals surface area contributed by atoms with E-state index in [1.165, 1.54) is 0 Å². The van der Waals surface area contributed by atoms with Gasteiger partial charge in [0, 0.05) is 78.0 Å². The second kappa shape index (κ2) is 15.8. The van der Waals surface area contributed by atoms with E-state index in [1.807, 2.05) is 0 Å². The fourth-order valence-electron chi connectivity index (χ4n) is 5.51. The Labute approximate surface area is 265 Å². The summed E-state index contributed by atoms with van der Waals surface area (Å²) >= 11 is 0. The van der Waals surface area contributed by atoms with E-state index in [-0.39, 0.29) is 18.9 Å². The topological polar surface area (TPSA) is 190 Å². The smallest absolute Gasteiger partial charge is 0.252 e. The first-order valence-electron chi connectivity index (χ1n) is 15.0. The third-order valence-corrected chi connectivity index (χ3v) is 7.82. The lowest BCUT2D eigenvalue weighted by Crippen LogP contribution is -2.51. The first-order valence-corrected chi connectivity index (χ1v) is 15.0. The largest absolute Gasteiger partial charge is 0.494 e. The summed E-state index contributed by atoms with van der Waals surface area (Å²) in [5.74, 6) is 0.430. The zero-order chi connectivity index (χ0) is 32.2. The van der Waals surface area contributed by atoms with Crippen LogP contribution in [0.2, 0.25) is 0 Å². The van der Waals surface area contributed by atoms with Crippen LogP contribution in [0.3, 0.4) is 0 Å². The van der Waals surface area contributed by atoms with Gasteiger partial charge in [0.05, 0.1) is 19.8 Å². The van der Waals surface area contributed by atoms with Crippen LogP contribution >= 0.6 is 0 Å². The molecular formula is C32H35N9O5. The molecule has 0 unspecified atom stereocenters. The normalized spacial score (nSPS) is 19.2. The number of hydrogen-bond acceptors (Lipinski definition) is 9. The van der Waals surface area contributed by atoms with Gasteiger partial charge in [-0.1, -0.05) is 58.8 Å². The predicted molar refractivity (Wildman–Crippen MR) is 171 cm³/mol. The lowest BCUT2D eigenvalue weighted by atomic mass is 9.81. The molecule has 14 nitrogen and oxygen atoms in total. The number of azide groups is 2. The maximum atomic E-state index is 14.5. The molecule has 0 radical (unpaired) electrons. The van der Waals surface area contributed by atoms with Crippen molar-refractivity contribution in [2.24, 2.45) is 15.2 Å². The highest BCUT2D eigenvalue weighted by Crippen LogP contribution is 2.46. The van der Waals surface area contributed by atoms with Gasteiger partial charge < -0.3 is 24.6 Å². The quantitative estimate of drug-likeness (QED) is 0.106. The Morgan fingerprint density at radius 1 is 1.02 bits per heavy atom. The van der Waals surface area contributed by atoms with E-state index in [0.717, 1.165) is 13.1 Å². The third kappa shape index (κ3) is 7.57. The lowest BCUT2D eigenvalue weighted by molar-refractivity contribution is -0.129. The fourth-order valence-corrected chi connectivity index (χ4v) is 5.51. The molecule has 1 saturated heterocycles. The number of nitrogens with zero attached hydrogens (tertiary/aromatic N) is 8. The molecule has 3 aromatic carbocycles. The summed E-state index contributed by atoms with van der Waals surface area (Å²) in [5, 5.41) is 19.9. The second-order valence-corrected chi connectivity index (χ2v) is 10.7. The van der Waals surface area contributed by atoms with Crippen LogP contribution in [0.5, 0.6) is 5.75 Å². The molecular weight excluding hydrogens is 590 g/mol. The number of aliphatic imine (C=N–C) groups is 1. The van der Waals surface area contributed by atoms with Gasteiger partial charge in [-0.15, -0.1) is 0 Å². The molecule has 238 valence electrons. The minimum absolute atomic E-state index is 0.0205. The summed E-state index contributed by atoms with van der Waals surface area (Å²) in [5.41, 5.74) is 19.4. The van der Waals surface area contributed by atoms with Crippen molar-refractivity contribution >= 4 is 23.2 Å². The standard InChI is InChI=1S/C32H35N9O5/c33-39-37-27-8-3-1-6-24(27)22-32(31(43)35-14-15-41-16-20-44-21-17-41)29(26-7-2-4-9-28(26)38-40-34)46-30(36-32)23-10-12-25(13-11-23)45-19-5-18-42/h1-4,6-13,29,42H,5,14-22H2,(H,35,43)/t29-,32-/m0/s1. The summed E-state index contributed by atoms with van der Waals surface area (Å²) in [6.07, 6.45) is -0.482. The number of nitrogens with one attached hydrogen (secondary N) is 1. The average molecular weight is 626 g/mol. The predicted octanol–water partition coefficient (Wildman–Crippen LogP) is 5.28. The Morgan fingerprint density at radius 2 is 1.72 bits per heavy atom. The molecule has 1 fully saturated rings. The van der Waals surface area contributed by atoms with Gasteiger partial charge in [-0.2, -0.15) is 0 Å². The molecule has 2 heterocycles. The summed E-state index contributed by atoms with van der Waals surface area (Å²) in [4.78, 5) is 27.7. The SMILES string of the molecule is [N-]=[N+]=Nc1ccccc1C[C@]1(C(=O)NCCN2CCOCC2)N=C(c2ccc(OCCCO)cc2)O[C@H]1c1ccccc1N=[N+]=[N-]. The minimum Gasteiger partial charge on any atom is -0.494 e. The molecule has 2 N–H and O–H groups in total. The number of rotatable bonds is 14. The van der Waals surface area contributed by atoms with E-state index < -0.39 is 17.6 Å². The van der Waals surface area contributed by atoms with Gasteiger partial charge in [-0.3, -0.25) is 9.69 Å². The van der Waals surface area contributed by atoms with Gasteiger partial charge >= 0.3 is 0 Å². The molecule has 14 heteroatoms. The van der Waals surface area contributed by atoms with Crippen molar-refractivity contribution in [2.45, 2.75) is 24.5 Å². The van der Waals surface area contributed by atoms with E-state index in [0.29, 0.717) is 73.1 Å². The van der Waals surface area contributed by atoms with Crippen molar-refractivity contribution in [1.29, 1.82) is 0 Å². The van der Waals surface area contributed by atoms with Crippen molar-refractivity contribution in [1.82, 2.24) is 10.2 Å². The van der Waals surface area contributed by atoms with Crippen LogP contribution in [0.1, 0.15) is 29.2 Å². The highest BCUT2D eigenvalue weighted by molar-refractivity contribution is 6.01. The summed E-state index contributed by atoms with van der Waals surface area (Å²) in [6, 6.07) is 21.0. The molecule has 0 saturated carbocycles. The number of carbonyl (C=O) groups is 1. The van der Waals surface area contributed by atoms with E-state index in [2.05, 4.69) is 30.3 Å². The van der Waals surface area contributed by atoms with Crippen LogP contribution in [-0.4, -0.2) is 80.0 Å². The third-order valence-electron chi connectivity index (χ3n) is 7.82. The molecule has 1 amide bonds. The van der Waals surface area contributed by atoms with Crippen molar-refractivity contribution in [3.8, 4) is 5.75 Å². The van der Waals surface area contributed by atoms with Gasteiger partial charge in [-0.05, 0) is 40.9 Å². The van der Waals surface area contributed by atoms with Crippen LogP contribution in [0.25, 0.3) is 20.9 Å². The number of aliphatic hydroxyl groups is 1. The number of amides is 1.